The highest BCUT2D eigenvalue weighted by Gasteiger charge is 2.37. The van der Waals surface area contributed by atoms with Crippen LogP contribution in [0.15, 0.2) is 0 Å². The van der Waals surface area contributed by atoms with E-state index in [9.17, 15) is 4.79 Å². The molecule has 0 bridgehead atoms. The molecule has 1 saturated heterocycles. The molecule has 0 atom stereocenters. The molecule has 0 aromatic heterocycles. The highest BCUT2D eigenvalue weighted by molar-refractivity contribution is 5.78. The van der Waals surface area contributed by atoms with E-state index < -0.39 is 0 Å². The number of amides is 1. The normalized spacial score (nSPS) is 19.8. The molecule has 5 heteroatoms. The second-order valence-electron chi connectivity index (χ2n) is 4.73. The van der Waals surface area contributed by atoms with Crippen LogP contribution >= 0.6 is 0 Å². The van der Waals surface area contributed by atoms with Crippen molar-refractivity contribution in [2.75, 3.05) is 47.4 Å². The van der Waals surface area contributed by atoms with Gasteiger partial charge in [-0.2, -0.15) is 0 Å². The van der Waals surface area contributed by atoms with Gasteiger partial charge >= 0.3 is 0 Å². The molecule has 1 rings (SSSR count). The van der Waals surface area contributed by atoms with E-state index in [1.807, 2.05) is 30.9 Å². The third-order valence-corrected chi connectivity index (χ3v) is 3.34. The molecule has 2 N–H and O–H groups in total. The van der Waals surface area contributed by atoms with E-state index in [1.165, 1.54) is 0 Å². The van der Waals surface area contributed by atoms with Crippen molar-refractivity contribution in [1.82, 2.24) is 9.80 Å². The average molecular weight is 229 g/mol. The van der Waals surface area contributed by atoms with E-state index in [2.05, 4.69) is 0 Å². The predicted octanol–water partition coefficient (Wildman–Crippen LogP) is -0.486. The van der Waals surface area contributed by atoms with Crippen molar-refractivity contribution < 1.29 is 9.53 Å². The first-order valence-electron chi connectivity index (χ1n) is 5.71. The summed E-state index contributed by atoms with van der Waals surface area (Å²) in [6.45, 7) is 2.32. The lowest BCUT2D eigenvalue weighted by Gasteiger charge is -2.44. The quantitative estimate of drug-likeness (QED) is 0.707. The lowest BCUT2D eigenvalue weighted by Crippen LogP contribution is -2.58. The Morgan fingerprint density at radius 1 is 1.31 bits per heavy atom. The number of ether oxygens (including phenoxy) is 1. The van der Waals surface area contributed by atoms with Gasteiger partial charge in [0, 0.05) is 26.8 Å². The van der Waals surface area contributed by atoms with Crippen molar-refractivity contribution >= 4 is 5.91 Å². The summed E-state index contributed by atoms with van der Waals surface area (Å²) in [6, 6.07) is 0. The zero-order chi connectivity index (χ0) is 12.2. The summed E-state index contributed by atoms with van der Waals surface area (Å²) in [6.07, 6.45) is 1.67. The fraction of sp³-hybridized carbons (Fsp3) is 0.909. The monoisotopic (exact) mass is 229 g/mol. The Hall–Kier alpha value is -0.650. The number of carbonyl (C=O) groups excluding carboxylic acids is 1. The first-order chi connectivity index (χ1) is 7.52. The summed E-state index contributed by atoms with van der Waals surface area (Å²) in [4.78, 5) is 15.7. The molecule has 0 radical (unpaired) electrons. The van der Waals surface area contributed by atoms with E-state index in [-0.39, 0.29) is 11.4 Å². The molecule has 5 nitrogen and oxygen atoms in total. The number of rotatable bonds is 4. The first kappa shape index (κ1) is 13.4. The van der Waals surface area contributed by atoms with Crippen LogP contribution in [0.1, 0.15) is 12.8 Å². The molecule has 0 aromatic carbocycles. The van der Waals surface area contributed by atoms with Crippen LogP contribution < -0.4 is 5.73 Å². The maximum atomic E-state index is 12.0. The summed E-state index contributed by atoms with van der Waals surface area (Å²) >= 11 is 0. The van der Waals surface area contributed by atoms with Crippen LogP contribution in [0.4, 0.5) is 0 Å². The minimum atomic E-state index is -0.203. The van der Waals surface area contributed by atoms with Gasteiger partial charge in [-0.05, 0) is 26.9 Å². The summed E-state index contributed by atoms with van der Waals surface area (Å²) in [7, 11) is 5.64. The Kier molecular flexibility index (Phi) is 4.70. The number of hydrogen-bond donors (Lipinski definition) is 1. The standard InChI is InChI=1S/C11H23N3O2/c1-13(2)8-10(15)14(3)11(9-12)4-6-16-7-5-11/h4-9,12H2,1-3H3. The number of likely N-dealkylation sites (N-methyl/N-ethyl adjacent to an activating group) is 2. The largest absolute Gasteiger partial charge is 0.381 e. The van der Waals surface area contributed by atoms with Crippen LogP contribution in [0.5, 0.6) is 0 Å². The summed E-state index contributed by atoms with van der Waals surface area (Å²) < 4.78 is 5.33. The molecule has 1 aliphatic rings. The average Bonchev–Trinajstić information content (AvgIpc) is 2.28. The van der Waals surface area contributed by atoms with Gasteiger partial charge in [0.1, 0.15) is 0 Å². The highest BCUT2D eigenvalue weighted by Crippen LogP contribution is 2.25. The number of nitrogens with zero attached hydrogens (tertiary/aromatic N) is 2. The Morgan fingerprint density at radius 3 is 2.31 bits per heavy atom. The minimum absolute atomic E-state index is 0.123. The second kappa shape index (κ2) is 5.61. The van der Waals surface area contributed by atoms with Gasteiger partial charge in [0.25, 0.3) is 0 Å². The number of carbonyl (C=O) groups is 1. The molecule has 0 aromatic rings. The Morgan fingerprint density at radius 2 is 1.88 bits per heavy atom. The van der Waals surface area contributed by atoms with Gasteiger partial charge in [-0.3, -0.25) is 4.79 Å². The van der Waals surface area contributed by atoms with Crippen molar-refractivity contribution in [2.45, 2.75) is 18.4 Å². The highest BCUT2D eigenvalue weighted by atomic mass is 16.5. The zero-order valence-corrected chi connectivity index (χ0v) is 10.5. The maximum Gasteiger partial charge on any atom is 0.236 e. The molecule has 16 heavy (non-hydrogen) atoms. The van der Waals surface area contributed by atoms with Crippen LogP contribution in [-0.4, -0.2) is 68.7 Å². The van der Waals surface area contributed by atoms with E-state index in [0.29, 0.717) is 26.3 Å². The van der Waals surface area contributed by atoms with Gasteiger partial charge in [-0.1, -0.05) is 0 Å². The van der Waals surface area contributed by atoms with Crippen LogP contribution in [0.2, 0.25) is 0 Å². The van der Waals surface area contributed by atoms with Crippen molar-refractivity contribution in [3.63, 3.8) is 0 Å². The van der Waals surface area contributed by atoms with Gasteiger partial charge in [-0.25, -0.2) is 0 Å². The van der Waals surface area contributed by atoms with E-state index in [1.54, 1.807) is 0 Å². The molecule has 0 unspecified atom stereocenters. The van der Waals surface area contributed by atoms with Crippen LogP contribution in [0.25, 0.3) is 0 Å². The molecule has 0 aliphatic carbocycles. The van der Waals surface area contributed by atoms with Crippen molar-refractivity contribution in [1.29, 1.82) is 0 Å². The van der Waals surface area contributed by atoms with E-state index in [4.69, 9.17) is 10.5 Å². The van der Waals surface area contributed by atoms with Crippen molar-refractivity contribution in [3.05, 3.63) is 0 Å². The molecule has 0 saturated carbocycles. The van der Waals surface area contributed by atoms with Gasteiger partial charge < -0.3 is 20.3 Å². The summed E-state index contributed by atoms with van der Waals surface area (Å²) in [5.41, 5.74) is 5.64. The number of hydrogen-bond acceptors (Lipinski definition) is 4. The van der Waals surface area contributed by atoms with Crippen LogP contribution in [0, 0.1) is 0 Å². The zero-order valence-electron chi connectivity index (χ0n) is 10.5. The lowest BCUT2D eigenvalue weighted by molar-refractivity contribution is -0.139. The van der Waals surface area contributed by atoms with Crippen LogP contribution in [-0.2, 0) is 9.53 Å². The fourth-order valence-electron chi connectivity index (χ4n) is 2.07. The molecule has 1 fully saturated rings. The van der Waals surface area contributed by atoms with Gasteiger partial charge in [0.2, 0.25) is 5.91 Å². The fourth-order valence-corrected chi connectivity index (χ4v) is 2.07. The van der Waals surface area contributed by atoms with Gasteiger partial charge in [0.05, 0.1) is 12.1 Å². The first-order valence-corrected chi connectivity index (χ1v) is 5.71. The molecule has 1 heterocycles. The van der Waals surface area contributed by atoms with E-state index in [0.717, 1.165) is 12.8 Å². The molecule has 94 valence electrons. The van der Waals surface area contributed by atoms with Gasteiger partial charge in [0.15, 0.2) is 0 Å². The Bertz CT molecular complexity index is 237. The molecule has 0 spiro atoms. The minimum Gasteiger partial charge on any atom is -0.381 e. The van der Waals surface area contributed by atoms with Crippen molar-refractivity contribution in [2.24, 2.45) is 5.73 Å². The third-order valence-electron chi connectivity index (χ3n) is 3.34. The van der Waals surface area contributed by atoms with Crippen LogP contribution in [0.3, 0.4) is 0 Å². The Balaban J connectivity index is 2.67. The third kappa shape index (κ3) is 2.93. The summed E-state index contributed by atoms with van der Waals surface area (Å²) in [5.74, 6) is 0.123. The molecular weight excluding hydrogens is 206 g/mol. The smallest absolute Gasteiger partial charge is 0.236 e. The SMILES string of the molecule is CN(C)CC(=O)N(C)C1(CN)CCOCC1. The Labute approximate surface area is 97.5 Å². The maximum absolute atomic E-state index is 12.0. The predicted molar refractivity (Wildman–Crippen MR) is 63.2 cm³/mol. The van der Waals surface area contributed by atoms with Gasteiger partial charge in [-0.15, -0.1) is 0 Å². The second-order valence-corrected chi connectivity index (χ2v) is 4.73. The molecular formula is C11H23N3O2. The topological polar surface area (TPSA) is 58.8 Å². The number of nitrogens with two attached hydrogens (primary N) is 1. The summed E-state index contributed by atoms with van der Waals surface area (Å²) in [5, 5.41) is 0. The molecule has 1 aliphatic heterocycles. The lowest BCUT2D eigenvalue weighted by atomic mass is 9.88. The van der Waals surface area contributed by atoms with Crippen molar-refractivity contribution in [3.8, 4) is 0 Å². The van der Waals surface area contributed by atoms with E-state index >= 15 is 0 Å². The molecule has 1 amide bonds.